The Balaban J connectivity index is 1.75. The fourth-order valence-electron chi connectivity index (χ4n) is 3.77. The van der Waals surface area contributed by atoms with Crippen LogP contribution in [0.3, 0.4) is 0 Å². The predicted molar refractivity (Wildman–Crippen MR) is 125 cm³/mol. The average Bonchev–Trinajstić information content (AvgIpc) is 2.78. The van der Waals surface area contributed by atoms with Crippen molar-refractivity contribution in [3.05, 3.63) is 99.3 Å². The number of hydrogen-bond acceptors (Lipinski definition) is 3. The van der Waals surface area contributed by atoms with Gasteiger partial charge in [0.25, 0.3) is 0 Å². The van der Waals surface area contributed by atoms with E-state index < -0.39 is 23.5 Å². The Morgan fingerprint density at radius 3 is 2.03 bits per heavy atom. The first-order chi connectivity index (χ1) is 16.4. The van der Waals surface area contributed by atoms with E-state index in [4.69, 9.17) is 0 Å². The normalized spacial score (nSPS) is 12.2. The molecular formula is C25H18BrF6N3. The van der Waals surface area contributed by atoms with Gasteiger partial charge in [0.15, 0.2) is 0 Å². The Hall–Kier alpha value is -3.14. The number of aryl methyl sites for hydroxylation is 1. The highest BCUT2D eigenvalue weighted by Crippen LogP contribution is 2.37. The Labute approximate surface area is 205 Å². The number of fused-ring (bicyclic) bond motifs is 1. The first kappa shape index (κ1) is 25.0. The molecule has 0 radical (unpaired) electrons. The Bertz CT molecular complexity index is 1320. The number of rotatable bonds is 5. The van der Waals surface area contributed by atoms with Crippen LogP contribution in [-0.2, 0) is 25.4 Å². The first-order valence-electron chi connectivity index (χ1n) is 10.4. The zero-order chi connectivity index (χ0) is 25.4. The highest BCUT2D eigenvalue weighted by Gasteiger charge is 2.37. The third-order valence-electron chi connectivity index (χ3n) is 5.40. The van der Waals surface area contributed by atoms with Gasteiger partial charge in [0.2, 0.25) is 0 Å². The second-order valence-electron chi connectivity index (χ2n) is 8.10. The lowest BCUT2D eigenvalue weighted by Crippen LogP contribution is -2.24. The van der Waals surface area contributed by atoms with Crippen LogP contribution in [0.2, 0.25) is 0 Å². The zero-order valence-corrected chi connectivity index (χ0v) is 19.8. The van der Waals surface area contributed by atoms with Gasteiger partial charge in [-0.15, -0.1) is 0 Å². The summed E-state index contributed by atoms with van der Waals surface area (Å²) in [5.41, 5.74) is -0.304. The molecule has 4 rings (SSSR count). The zero-order valence-electron chi connectivity index (χ0n) is 18.3. The lowest BCUT2D eigenvalue weighted by Gasteiger charge is -2.25. The van der Waals surface area contributed by atoms with Gasteiger partial charge in [-0.05, 0) is 75.9 Å². The standard InChI is InChI=1S/C25H18BrF6N3/c1-15-3-2-4-18-7-17(11-34-23(15)18)14-35(22-6-5-21(26)12-33-22)13-16-8-19(24(27,28)29)10-20(9-16)25(30,31)32/h2-12H,13-14H2,1H3. The number of hydrogen-bond donors (Lipinski definition) is 0. The molecule has 0 aliphatic rings. The molecule has 0 fully saturated rings. The minimum atomic E-state index is -4.92. The molecule has 4 aromatic rings. The van der Waals surface area contributed by atoms with Crippen LogP contribution in [0.25, 0.3) is 10.9 Å². The SMILES string of the molecule is Cc1cccc2cc(CN(Cc3cc(C(F)(F)F)cc(C(F)(F)F)c3)c3ccc(Br)cn3)cnc12. The maximum atomic E-state index is 13.4. The summed E-state index contributed by atoms with van der Waals surface area (Å²) >= 11 is 3.28. The maximum Gasteiger partial charge on any atom is 0.416 e. The molecule has 0 aliphatic heterocycles. The molecular weight excluding hydrogens is 536 g/mol. The van der Waals surface area contributed by atoms with Gasteiger partial charge in [0.05, 0.1) is 16.6 Å². The molecule has 0 atom stereocenters. The summed E-state index contributed by atoms with van der Waals surface area (Å²) in [7, 11) is 0. The number of para-hydroxylation sites is 1. The summed E-state index contributed by atoms with van der Waals surface area (Å²) in [6.45, 7) is 1.87. The highest BCUT2D eigenvalue weighted by molar-refractivity contribution is 9.10. The molecule has 2 aromatic carbocycles. The maximum absolute atomic E-state index is 13.4. The Morgan fingerprint density at radius 2 is 1.43 bits per heavy atom. The summed E-state index contributed by atoms with van der Waals surface area (Å²) in [6, 6.07) is 12.6. The summed E-state index contributed by atoms with van der Waals surface area (Å²) < 4.78 is 80.9. The van der Waals surface area contributed by atoms with Crippen LogP contribution >= 0.6 is 15.9 Å². The van der Waals surface area contributed by atoms with E-state index in [-0.39, 0.29) is 24.7 Å². The van der Waals surface area contributed by atoms with Gasteiger partial charge in [0, 0.05) is 35.3 Å². The van der Waals surface area contributed by atoms with Gasteiger partial charge in [-0.25, -0.2) is 4.98 Å². The van der Waals surface area contributed by atoms with E-state index in [1.807, 2.05) is 31.2 Å². The van der Waals surface area contributed by atoms with Gasteiger partial charge in [0.1, 0.15) is 5.82 Å². The summed E-state index contributed by atoms with van der Waals surface area (Å²) in [5.74, 6) is 0.392. The largest absolute Gasteiger partial charge is 0.416 e. The second-order valence-corrected chi connectivity index (χ2v) is 9.01. The lowest BCUT2D eigenvalue weighted by atomic mass is 10.0. The number of alkyl halides is 6. The summed E-state index contributed by atoms with van der Waals surface area (Å²) in [6.07, 6.45) is -6.68. The number of halogens is 7. The smallest absolute Gasteiger partial charge is 0.348 e. The van der Waals surface area contributed by atoms with Crippen molar-refractivity contribution in [2.45, 2.75) is 32.4 Å². The molecule has 0 saturated heterocycles. The van der Waals surface area contributed by atoms with E-state index in [9.17, 15) is 26.3 Å². The summed E-state index contributed by atoms with van der Waals surface area (Å²) in [4.78, 5) is 10.4. The number of pyridine rings is 2. The molecule has 0 amide bonds. The van der Waals surface area contributed by atoms with Crippen LogP contribution in [0.15, 0.2) is 71.5 Å². The fraction of sp³-hybridized carbons (Fsp3) is 0.200. The predicted octanol–water partition coefficient (Wildman–Crippen LogP) is 7.95. The molecule has 0 spiro atoms. The van der Waals surface area contributed by atoms with Crippen LogP contribution in [0.4, 0.5) is 32.2 Å². The van der Waals surface area contributed by atoms with Gasteiger partial charge in [-0.1, -0.05) is 18.2 Å². The minimum absolute atomic E-state index is 0.126. The van der Waals surface area contributed by atoms with Crippen molar-refractivity contribution in [3.63, 3.8) is 0 Å². The molecule has 0 unspecified atom stereocenters. The van der Waals surface area contributed by atoms with Crippen molar-refractivity contribution in [3.8, 4) is 0 Å². The van der Waals surface area contributed by atoms with Gasteiger partial charge >= 0.3 is 12.4 Å². The van der Waals surface area contributed by atoms with Crippen molar-refractivity contribution in [1.29, 1.82) is 0 Å². The molecule has 0 N–H and O–H groups in total. The fourth-order valence-corrected chi connectivity index (χ4v) is 4.00. The number of anilines is 1. The average molecular weight is 554 g/mol. The third kappa shape index (κ3) is 5.93. The van der Waals surface area contributed by atoms with Crippen molar-refractivity contribution in [2.24, 2.45) is 0 Å². The molecule has 182 valence electrons. The Morgan fingerprint density at radius 1 is 0.771 bits per heavy atom. The number of benzene rings is 2. The van der Waals surface area contributed by atoms with Gasteiger partial charge in [-0.2, -0.15) is 26.3 Å². The van der Waals surface area contributed by atoms with Gasteiger partial charge in [-0.3, -0.25) is 4.98 Å². The minimum Gasteiger partial charge on any atom is -0.348 e. The van der Waals surface area contributed by atoms with Crippen LogP contribution in [0.5, 0.6) is 0 Å². The van der Waals surface area contributed by atoms with Crippen molar-refractivity contribution in [2.75, 3.05) is 4.90 Å². The lowest BCUT2D eigenvalue weighted by molar-refractivity contribution is -0.143. The third-order valence-corrected chi connectivity index (χ3v) is 5.87. The first-order valence-corrected chi connectivity index (χ1v) is 11.2. The molecule has 0 saturated carbocycles. The van der Waals surface area contributed by atoms with Crippen molar-refractivity contribution >= 4 is 32.7 Å². The second kappa shape index (κ2) is 9.49. The topological polar surface area (TPSA) is 29.0 Å². The molecule has 2 heterocycles. The Kier molecular flexibility index (Phi) is 6.77. The molecule has 35 heavy (non-hydrogen) atoms. The monoisotopic (exact) mass is 553 g/mol. The van der Waals surface area contributed by atoms with E-state index in [1.54, 1.807) is 23.2 Å². The molecule has 0 bridgehead atoms. The van der Waals surface area contributed by atoms with Crippen LogP contribution in [-0.4, -0.2) is 9.97 Å². The summed E-state index contributed by atoms with van der Waals surface area (Å²) in [5, 5.41) is 0.879. The highest BCUT2D eigenvalue weighted by atomic mass is 79.9. The van der Waals surface area contributed by atoms with Crippen molar-refractivity contribution in [1.82, 2.24) is 9.97 Å². The molecule has 0 aliphatic carbocycles. The van der Waals surface area contributed by atoms with Crippen LogP contribution in [0.1, 0.15) is 27.8 Å². The van der Waals surface area contributed by atoms with Gasteiger partial charge < -0.3 is 4.90 Å². The molecule has 10 heteroatoms. The van der Waals surface area contributed by atoms with E-state index in [2.05, 4.69) is 25.9 Å². The number of nitrogens with zero attached hydrogens (tertiary/aromatic N) is 3. The van der Waals surface area contributed by atoms with E-state index >= 15 is 0 Å². The van der Waals surface area contributed by atoms with Crippen molar-refractivity contribution < 1.29 is 26.3 Å². The van der Waals surface area contributed by atoms with Crippen LogP contribution < -0.4 is 4.90 Å². The molecule has 2 aromatic heterocycles. The number of aromatic nitrogens is 2. The van der Waals surface area contributed by atoms with Crippen LogP contribution in [0, 0.1) is 6.92 Å². The molecule has 3 nitrogen and oxygen atoms in total. The van der Waals surface area contributed by atoms with E-state index in [1.165, 1.54) is 6.20 Å². The quantitative estimate of drug-likeness (QED) is 0.235. The van der Waals surface area contributed by atoms with E-state index in [0.29, 0.717) is 10.3 Å². The van der Waals surface area contributed by atoms with E-state index in [0.717, 1.165) is 34.2 Å².